The number of benzene rings is 1. The van der Waals surface area contributed by atoms with Gasteiger partial charge in [-0.15, -0.1) is 0 Å². The molecule has 0 saturated carbocycles. The standard InChI is InChI=1S/C21H26F2N4O2/c1-21(2,3)29-20(28)25-14-8-10-27(11-9-14)18-13-24-12-17(26-18)15-6-4-5-7-16(15)19(22)23/h4-7,12-14,19H,8-11H2,1-3H3,(H,25,28). The molecular weight excluding hydrogens is 378 g/mol. The van der Waals surface area contributed by atoms with Gasteiger partial charge in [0, 0.05) is 30.3 Å². The maximum atomic E-state index is 13.3. The number of anilines is 1. The summed E-state index contributed by atoms with van der Waals surface area (Å²) in [4.78, 5) is 22.8. The van der Waals surface area contributed by atoms with Crippen molar-refractivity contribution >= 4 is 11.9 Å². The van der Waals surface area contributed by atoms with Crippen molar-refractivity contribution < 1.29 is 18.3 Å². The fraction of sp³-hybridized carbons (Fsp3) is 0.476. The first kappa shape index (κ1) is 21.0. The Hall–Kier alpha value is -2.77. The number of piperidine rings is 1. The number of hydrogen-bond donors (Lipinski definition) is 1. The molecule has 1 fully saturated rings. The van der Waals surface area contributed by atoms with Gasteiger partial charge in [-0.3, -0.25) is 4.98 Å². The fourth-order valence-electron chi connectivity index (χ4n) is 3.29. The highest BCUT2D eigenvalue weighted by molar-refractivity contribution is 5.68. The van der Waals surface area contributed by atoms with Gasteiger partial charge >= 0.3 is 6.09 Å². The molecule has 2 heterocycles. The SMILES string of the molecule is CC(C)(C)OC(=O)NC1CCN(c2cncc(-c3ccccc3C(F)F)n2)CC1. The average Bonchev–Trinajstić information content (AvgIpc) is 2.67. The summed E-state index contributed by atoms with van der Waals surface area (Å²) in [6, 6.07) is 6.36. The van der Waals surface area contributed by atoms with E-state index >= 15 is 0 Å². The normalized spacial score (nSPS) is 15.4. The van der Waals surface area contributed by atoms with Crippen LogP contribution in [0.5, 0.6) is 0 Å². The van der Waals surface area contributed by atoms with Gasteiger partial charge < -0.3 is 15.0 Å². The van der Waals surface area contributed by atoms with Gasteiger partial charge in [-0.25, -0.2) is 18.6 Å². The molecular formula is C21H26F2N4O2. The van der Waals surface area contributed by atoms with Gasteiger partial charge in [0.15, 0.2) is 0 Å². The van der Waals surface area contributed by atoms with E-state index in [1.54, 1.807) is 24.4 Å². The molecule has 29 heavy (non-hydrogen) atoms. The minimum atomic E-state index is -2.58. The van der Waals surface area contributed by atoms with Gasteiger partial charge in [-0.1, -0.05) is 24.3 Å². The molecule has 0 unspecified atom stereocenters. The number of alkyl halides is 2. The Bertz CT molecular complexity index is 847. The van der Waals surface area contributed by atoms with E-state index in [0.717, 1.165) is 12.8 Å². The molecule has 1 amide bonds. The first-order chi connectivity index (χ1) is 13.7. The monoisotopic (exact) mass is 404 g/mol. The number of aromatic nitrogens is 2. The zero-order valence-electron chi connectivity index (χ0n) is 16.9. The average molecular weight is 404 g/mol. The lowest BCUT2D eigenvalue weighted by atomic mass is 10.0. The predicted octanol–water partition coefficient (Wildman–Crippen LogP) is 4.57. The lowest BCUT2D eigenvalue weighted by molar-refractivity contribution is 0.0497. The summed E-state index contributed by atoms with van der Waals surface area (Å²) >= 11 is 0. The van der Waals surface area contributed by atoms with Crippen LogP contribution in [0.15, 0.2) is 36.7 Å². The first-order valence-electron chi connectivity index (χ1n) is 9.67. The highest BCUT2D eigenvalue weighted by Crippen LogP contribution is 2.30. The maximum Gasteiger partial charge on any atom is 0.407 e. The molecule has 0 atom stereocenters. The Balaban J connectivity index is 1.65. The summed E-state index contributed by atoms with van der Waals surface area (Å²) in [7, 11) is 0. The molecule has 1 aromatic carbocycles. The molecule has 1 N–H and O–H groups in total. The van der Waals surface area contributed by atoms with Crippen molar-refractivity contribution in [2.24, 2.45) is 0 Å². The number of hydrogen-bond acceptors (Lipinski definition) is 5. The molecule has 0 bridgehead atoms. The number of nitrogens with one attached hydrogen (secondary N) is 1. The van der Waals surface area contributed by atoms with Crippen molar-refractivity contribution in [3.8, 4) is 11.3 Å². The fourth-order valence-corrected chi connectivity index (χ4v) is 3.29. The Kier molecular flexibility index (Phi) is 6.30. The summed E-state index contributed by atoms with van der Waals surface area (Å²) in [5.41, 5.74) is 0.222. The Labute approximate surface area is 169 Å². The van der Waals surface area contributed by atoms with E-state index in [-0.39, 0.29) is 11.6 Å². The number of amides is 1. The molecule has 0 aliphatic carbocycles. The van der Waals surface area contributed by atoms with E-state index < -0.39 is 18.1 Å². The van der Waals surface area contributed by atoms with Gasteiger partial charge in [0.25, 0.3) is 6.43 Å². The highest BCUT2D eigenvalue weighted by Gasteiger charge is 2.25. The second-order valence-corrected chi connectivity index (χ2v) is 8.06. The third kappa shape index (κ3) is 5.62. The molecule has 1 aliphatic rings. The van der Waals surface area contributed by atoms with Crippen LogP contribution in [0, 0.1) is 0 Å². The summed E-state index contributed by atoms with van der Waals surface area (Å²) < 4.78 is 31.9. The number of carbonyl (C=O) groups is 1. The number of ether oxygens (including phenoxy) is 1. The molecule has 1 saturated heterocycles. The van der Waals surface area contributed by atoms with Gasteiger partial charge in [-0.05, 0) is 33.6 Å². The molecule has 2 aromatic rings. The molecule has 1 aliphatic heterocycles. The third-order valence-corrected chi connectivity index (χ3v) is 4.63. The number of halogens is 2. The van der Waals surface area contributed by atoms with Gasteiger partial charge in [-0.2, -0.15) is 0 Å². The Morgan fingerprint density at radius 3 is 2.55 bits per heavy atom. The summed E-state index contributed by atoms with van der Waals surface area (Å²) in [6.07, 6.45) is 1.61. The second kappa shape index (κ2) is 8.71. The maximum absolute atomic E-state index is 13.3. The molecule has 3 rings (SSSR count). The van der Waals surface area contributed by atoms with Crippen LogP contribution in [-0.4, -0.2) is 40.8 Å². The Morgan fingerprint density at radius 2 is 1.90 bits per heavy atom. The quantitative estimate of drug-likeness (QED) is 0.808. The molecule has 0 spiro atoms. The first-order valence-corrected chi connectivity index (χ1v) is 9.67. The van der Waals surface area contributed by atoms with Crippen molar-refractivity contribution in [3.05, 3.63) is 42.2 Å². The second-order valence-electron chi connectivity index (χ2n) is 8.06. The van der Waals surface area contributed by atoms with Crippen LogP contribution in [0.3, 0.4) is 0 Å². The zero-order valence-corrected chi connectivity index (χ0v) is 16.9. The number of nitrogens with zero attached hydrogens (tertiary/aromatic N) is 3. The minimum Gasteiger partial charge on any atom is -0.444 e. The van der Waals surface area contributed by atoms with Crippen molar-refractivity contribution in [3.63, 3.8) is 0 Å². The topological polar surface area (TPSA) is 67.3 Å². The lowest BCUT2D eigenvalue weighted by Crippen LogP contribution is -2.46. The summed E-state index contributed by atoms with van der Waals surface area (Å²) in [5, 5.41) is 2.90. The van der Waals surface area contributed by atoms with Crippen LogP contribution >= 0.6 is 0 Å². The number of rotatable bonds is 4. The molecule has 156 valence electrons. The van der Waals surface area contributed by atoms with Crippen LogP contribution < -0.4 is 10.2 Å². The van der Waals surface area contributed by atoms with E-state index in [1.165, 1.54) is 12.3 Å². The number of alkyl carbamates (subject to hydrolysis) is 1. The van der Waals surface area contributed by atoms with Crippen LogP contribution in [0.2, 0.25) is 0 Å². The van der Waals surface area contributed by atoms with Gasteiger partial charge in [0.1, 0.15) is 11.4 Å². The molecule has 1 aromatic heterocycles. The number of carbonyl (C=O) groups excluding carboxylic acids is 1. The zero-order chi connectivity index (χ0) is 21.0. The lowest BCUT2D eigenvalue weighted by Gasteiger charge is -2.33. The molecule has 0 radical (unpaired) electrons. The molecule has 8 heteroatoms. The van der Waals surface area contributed by atoms with Gasteiger partial charge in [0.05, 0.1) is 18.1 Å². The highest BCUT2D eigenvalue weighted by atomic mass is 19.3. The van der Waals surface area contributed by atoms with Crippen LogP contribution in [0.4, 0.5) is 19.4 Å². The van der Waals surface area contributed by atoms with Crippen LogP contribution in [0.25, 0.3) is 11.3 Å². The van der Waals surface area contributed by atoms with Crippen molar-refractivity contribution in [2.75, 3.05) is 18.0 Å². The van der Waals surface area contributed by atoms with Gasteiger partial charge in [0.2, 0.25) is 0 Å². The summed E-state index contributed by atoms with van der Waals surface area (Å²) in [5.74, 6) is 0.641. The van der Waals surface area contributed by atoms with Crippen molar-refractivity contribution in [1.29, 1.82) is 0 Å². The van der Waals surface area contributed by atoms with Crippen molar-refractivity contribution in [1.82, 2.24) is 15.3 Å². The minimum absolute atomic E-state index is 0.0248. The van der Waals surface area contributed by atoms with Crippen molar-refractivity contribution in [2.45, 2.75) is 51.7 Å². The van der Waals surface area contributed by atoms with E-state index in [1.807, 2.05) is 20.8 Å². The van der Waals surface area contributed by atoms with E-state index in [2.05, 4.69) is 20.2 Å². The van der Waals surface area contributed by atoms with E-state index in [4.69, 9.17) is 4.74 Å². The Morgan fingerprint density at radius 1 is 1.21 bits per heavy atom. The van der Waals surface area contributed by atoms with Crippen LogP contribution in [-0.2, 0) is 4.74 Å². The predicted molar refractivity (Wildman–Crippen MR) is 107 cm³/mol. The summed E-state index contributed by atoms with van der Waals surface area (Å²) in [6.45, 7) is 6.83. The third-order valence-electron chi connectivity index (χ3n) is 4.63. The van der Waals surface area contributed by atoms with Crippen LogP contribution in [0.1, 0.15) is 45.6 Å². The smallest absolute Gasteiger partial charge is 0.407 e. The largest absolute Gasteiger partial charge is 0.444 e. The van der Waals surface area contributed by atoms with E-state index in [9.17, 15) is 13.6 Å². The molecule has 6 nitrogen and oxygen atoms in total. The van der Waals surface area contributed by atoms with E-state index in [0.29, 0.717) is 30.2 Å².